The number of morpholine rings is 1. The average molecular weight is 372 g/mol. The number of rotatable bonds is 4. The molecule has 0 N–H and O–H groups in total. The topological polar surface area (TPSA) is 59.7 Å². The van der Waals surface area contributed by atoms with Crippen molar-refractivity contribution in [2.75, 3.05) is 26.3 Å². The third-order valence-corrected chi connectivity index (χ3v) is 5.24. The molecule has 1 saturated heterocycles. The molecule has 0 spiro atoms. The number of amides is 1. The Labute approximate surface area is 153 Å². The molecule has 0 saturated carbocycles. The predicted molar refractivity (Wildman–Crippen MR) is 95.7 cm³/mol. The molecular formula is C18H17FN4O2S. The van der Waals surface area contributed by atoms with Crippen molar-refractivity contribution in [3.63, 3.8) is 0 Å². The first-order chi connectivity index (χ1) is 12.7. The lowest BCUT2D eigenvalue weighted by atomic mass is 10.2. The maximum atomic E-state index is 14.4. The normalized spacial score (nSPS) is 14.7. The fraction of sp³-hybridized carbons (Fsp3) is 0.278. The molecule has 3 aromatic rings. The fourth-order valence-corrected chi connectivity index (χ4v) is 3.73. The van der Waals surface area contributed by atoms with Crippen molar-refractivity contribution >= 4 is 23.2 Å². The molecule has 1 aliphatic rings. The standard InChI is InChI=1S/C18H17FN4O2S/c19-16-11-14(26-12-13-4-2-1-3-5-13)10-15-17(20-21-23(15)16)18(24)22-6-8-25-9-7-22/h1-5,10-11H,6-9,12H2. The van der Waals surface area contributed by atoms with Gasteiger partial charge in [-0.3, -0.25) is 4.79 Å². The quantitative estimate of drug-likeness (QED) is 0.521. The Morgan fingerprint density at radius 1 is 1.19 bits per heavy atom. The van der Waals surface area contributed by atoms with E-state index in [1.54, 1.807) is 11.0 Å². The molecule has 2 aromatic heterocycles. The molecule has 8 heteroatoms. The third kappa shape index (κ3) is 3.42. The average Bonchev–Trinajstić information content (AvgIpc) is 3.12. The summed E-state index contributed by atoms with van der Waals surface area (Å²) in [5.41, 5.74) is 1.71. The zero-order valence-corrected chi connectivity index (χ0v) is 14.8. The van der Waals surface area contributed by atoms with Gasteiger partial charge in [0.2, 0.25) is 5.95 Å². The van der Waals surface area contributed by atoms with Gasteiger partial charge in [-0.05, 0) is 11.6 Å². The first-order valence-electron chi connectivity index (χ1n) is 8.31. The molecule has 3 heterocycles. The van der Waals surface area contributed by atoms with Gasteiger partial charge >= 0.3 is 0 Å². The molecule has 0 radical (unpaired) electrons. The summed E-state index contributed by atoms with van der Waals surface area (Å²) < 4.78 is 20.7. The lowest BCUT2D eigenvalue weighted by Gasteiger charge is -2.25. The number of hydrogen-bond acceptors (Lipinski definition) is 5. The lowest BCUT2D eigenvalue weighted by molar-refractivity contribution is 0.0300. The van der Waals surface area contributed by atoms with Crippen LogP contribution >= 0.6 is 11.8 Å². The zero-order chi connectivity index (χ0) is 17.9. The van der Waals surface area contributed by atoms with Crippen molar-refractivity contribution in [2.24, 2.45) is 0 Å². The molecule has 1 amide bonds. The largest absolute Gasteiger partial charge is 0.378 e. The zero-order valence-electron chi connectivity index (χ0n) is 14.0. The monoisotopic (exact) mass is 372 g/mol. The Hall–Kier alpha value is -2.45. The highest BCUT2D eigenvalue weighted by Crippen LogP contribution is 2.26. The van der Waals surface area contributed by atoms with Crippen LogP contribution < -0.4 is 0 Å². The summed E-state index contributed by atoms with van der Waals surface area (Å²) in [5, 5.41) is 7.72. The number of aromatic nitrogens is 3. The van der Waals surface area contributed by atoms with E-state index in [0.717, 1.165) is 15.0 Å². The van der Waals surface area contributed by atoms with Crippen LogP contribution in [0.4, 0.5) is 4.39 Å². The van der Waals surface area contributed by atoms with E-state index in [9.17, 15) is 9.18 Å². The number of carbonyl (C=O) groups excluding carboxylic acids is 1. The summed E-state index contributed by atoms with van der Waals surface area (Å²) >= 11 is 1.51. The second-order valence-corrected chi connectivity index (χ2v) is 6.98. The molecule has 4 rings (SSSR count). The van der Waals surface area contributed by atoms with Crippen LogP contribution in [0.1, 0.15) is 16.1 Å². The van der Waals surface area contributed by atoms with Crippen LogP contribution in [0.2, 0.25) is 0 Å². The van der Waals surface area contributed by atoms with Gasteiger partial charge in [-0.1, -0.05) is 35.5 Å². The minimum absolute atomic E-state index is 0.174. The molecule has 1 fully saturated rings. The number of carbonyl (C=O) groups is 1. The SMILES string of the molecule is O=C(c1nnn2c(F)cc(SCc3ccccc3)cc12)N1CCOCC1. The molecule has 0 aliphatic carbocycles. The second-order valence-electron chi connectivity index (χ2n) is 5.93. The molecule has 26 heavy (non-hydrogen) atoms. The molecule has 0 atom stereocenters. The summed E-state index contributed by atoms with van der Waals surface area (Å²) in [7, 11) is 0. The predicted octanol–water partition coefficient (Wildman–Crippen LogP) is 2.63. The molecule has 6 nitrogen and oxygen atoms in total. The highest BCUT2D eigenvalue weighted by atomic mass is 32.2. The minimum Gasteiger partial charge on any atom is -0.378 e. The van der Waals surface area contributed by atoms with Crippen LogP contribution in [0, 0.1) is 5.95 Å². The minimum atomic E-state index is -0.536. The number of pyridine rings is 1. The molecule has 0 bridgehead atoms. The molecular weight excluding hydrogens is 355 g/mol. The Balaban J connectivity index is 1.61. The van der Waals surface area contributed by atoms with Crippen LogP contribution in [0.5, 0.6) is 0 Å². The summed E-state index contributed by atoms with van der Waals surface area (Å²) in [4.78, 5) is 15.1. The van der Waals surface area contributed by atoms with Gasteiger partial charge < -0.3 is 9.64 Å². The van der Waals surface area contributed by atoms with Gasteiger partial charge in [0.25, 0.3) is 5.91 Å². The summed E-state index contributed by atoms with van der Waals surface area (Å²) in [6.07, 6.45) is 0. The number of halogens is 1. The number of fused-ring (bicyclic) bond motifs is 1. The van der Waals surface area contributed by atoms with Gasteiger partial charge in [0.15, 0.2) is 5.69 Å². The van der Waals surface area contributed by atoms with Crippen LogP contribution in [0.25, 0.3) is 5.52 Å². The Morgan fingerprint density at radius 3 is 2.73 bits per heavy atom. The van der Waals surface area contributed by atoms with Gasteiger partial charge in [-0.15, -0.1) is 16.9 Å². The highest BCUT2D eigenvalue weighted by molar-refractivity contribution is 7.98. The molecule has 0 unspecified atom stereocenters. The van der Waals surface area contributed by atoms with E-state index in [1.807, 2.05) is 30.3 Å². The van der Waals surface area contributed by atoms with Gasteiger partial charge in [0, 0.05) is 29.8 Å². The fourth-order valence-electron chi connectivity index (χ4n) is 2.82. The third-order valence-electron chi connectivity index (χ3n) is 4.20. The van der Waals surface area contributed by atoms with Crippen molar-refractivity contribution in [1.29, 1.82) is 0 Å². The van der Waals surface area contributed by atoms with E-state index >= 15 is 0 Å². The van der Waals surface area contributed by atoms with E-state index in [0.29, 0.717) is 37.6 Å². The molecule has 1 aromatic carbocycles. The van der Waals surface area contributed by atoms with Crippen molar-refractivity contribution in [3.8, 4) is 0 Å². The Bertz CT molecular complexity index is 926. The molecule has 1 aliphatic heterocycles. The maximum absolute atomic E-state index is 14.4. The van der Waals surface area contributed by atoms with Crippen molar-refractivity contribution in [1.82, 2.24) is 19.7 Å². The lowest BCUT2D eigenvalue weighted by Crippen LogP contribution is -2.40. The number of thioether (sulfide) groups is 1. The first kappa shape index (κ1) is 17.0. The second kappa shape index (κ2) is 7.43. The van der Waals surface area contributed by atoms with Crippen LogP contribution in [0.15, 0.2) is 47.4 Å². The van der Waals surface area contributed by atoms with Crippen LogP contribution in [0.3, 0.4) is 0 Å². The van der Waals surface area contributed by atoms with Crippen molar-refractivity contribution in [2.45, 2.75) is 10.6 Å². The summed E-state index contributed by atoms with van der Waals surface area (Å²) in [6, 6.07) is 13.1. The van der Waals surface area contributed by atoms with Gasteiger partial charge in [-0.2, -0.15) is 8.91 Å². The number of hydrogen-bond donors (Lipinski definition) is 0. The van der Waals surface area contributed by atoms with E-state index in [-0.39, 0.29) is 11.6 Å². The van der Waals surface area contributed by atoms with Crippen LogP contribution in [-0.2, 0) is 10.5 Å². The van der Waals surface area contributed by atoms with E-state index in [2.05, 4.69) is 10.3 Å². The summed E-state index contributed by atoms with van der Waals surface area (Å²) in [5.74, 6) is -0.0652. The first-order valence-corrected chi connectivity index (χ1v) is 9.29. The Kier molecular flexibility index (Phi) is 4.85. The maximum Gasteiger partial charge on any atom is 0.276 e. The number of nitrogens with zero attached hydrogens (tertiary/aromatic N) is 4. The van der Waals surface area contributed by atoms with Gasteiger partial charge in [0.1, 0.15) is 5.52 Å². The Morgan fingerprint density at radius 2 is 1.96 bits per heavy atom. The smallest absolute Gasteiger partial charge is 0.276 e. The van der Waals surface area contributed by atoms with E-state index in [4.69, 9.17) is 4.74 Å². The number of ether oxygens (including phenoxy) is 1. The molecule has 134 valence electrons. The van der Waals surface area contributed by atoms with E-state index < -0.39 is 5.95 Å². The van der Waals surface area contributed by atoms with E-state index in [1.165, 1.54) is 17.8 Å². The van der Waals surface area contributed by atoms with Crippen molar-refractivity contribution in [3.05, 3.63) is 59.7 Å². The van der Waals surface area contributed by atoms with Crippen LogP contribution in [-0.4, -0.2) is 51.9 Å². The highest BCUT2D eigenvalue weighted by Gasteiger charge is 2.24. The summed E-state index contributed by atoms with van der Waals surface area (Å²) in [6.45, 7) is 2.00. The van der Waals surface area contributed by atoms with Gasteiger partial charge in [-0.25, -0.2) is 0 Å². The van der Waals surface area contributed by atoms with Gasteiger partial charge in [0.05, 0.1) is 13.2 Å². The van der Waals surface area contributed by atoms with Crippen molar-refractivity contribution < 1.29 is 13.9 Å². The number of benzene rings is 1.